The molecular weight excluding hydrogens is 1370 g/mol. The zero-order valence-corrected chi connectivity index (χ0v) is 76.1. The van der Waals surface area contributed by atoms with Crippen molar-refractivity contribution in [3.05, 3.63) is 0 Å². The third kappa shape index (κ3) is 68.7. The summed E-state index contributed by atoms with van der Waals surface area (Å²) in [7, 11) is -22.0. The molecule has 0 fully saturated rings. The Bertz CT molecular complexity index is 1760. The van der Waals surface area contributed by atoms with Crippen LogP contribution in [-0.4, -0.2) is 259 Å². The molecule has 0 aliphatic heterocycles. The SMILES string of the molecule is CC(C)(COCC(O)CO)C[Si](C)(O[Si](C)(C)C)O[Si](C)(C)C.CC(COCC(O)CO)C[Si](C)(O[Si](C)(C)C)O[Si](C)(C)C.C[Si](C)(C)O[Si](C)(C)O[Si](C)(C)CCCOCCOCC(O)CO.C[Si](C)(C)O[Si](C)(CCCCOCC(O)CO)O[Si](C)(C)C. The highest BCUT2D eigenvalue weighted by atomic mass is 28.5. The first-order valence-electron chi connectivity index (χ1n) is 33.2. The van der Waals surface area contributed by atoms with Crippen LogP contribution in [0, 0.1) is 11.3 Å². The predicted octanol–water partition coefficient (Wildman–Crippen LogP) is 11.4. The van der Waals surface area contributed by atoms with Crippen molar-refractivity contribution in [3.63, 3.8) is 0 Å². The minimum atomic E-state index is -2.31. The number of hydrogen-bond acceptors (Lipinski definition) is 21. The molecule has 0 aromatic rings. The summed E-state index contributed by atoms with van der Waals surface area (Å²) in [5.41, 5.74) is -0.102. The van der Waals surface area contributed by atoms with Crippen LogP contribution in [0.2, 0.25) is 207 Å². The number of hydrogen-bond donors (Lipinski definition) is 8. The molecule has 91 heavy (non-hydrogen) atoms. The van der Waals surface area contributed by atoms with Gasteiger partial charge >= 0.3 is 34.2 Å². The minimum Gasteiger partial charge on any atom is -0.437 e. The maximum absolute atomic E-state index is 9.39. The summed E-state index contributed by atoms with van der Waals surface area (Å²) < 4.78 is 78.7. The number of aliphatic hydroxyl groups excluding tert-OH is 8. The van der Waals surface area contributed by atoms with Crippen molar-refractivity contribution in [3.8, 4) is 0 Å². The molecule has 0 saturated carbocycles. The van der Waals surface area contributed by atoms with Crippen molar-refractivity contribution >= 4 is 101 Å². The highest BCUT2D eigenvalue weighted by Gasteiger charge is 2.46. The zero-order chi connectivity index (χ0) is 72.4. The molecule has 0 aliphatic rings. The molecule has 0 amide bonds. The van der Waals surface area contributed by atoms with E-state index in [1.54, 1.807) is 0 Å². The van der Waals surface area contributed by atoms with Gasteiger partial charge in [-0.3, -0.25) is 0 Å². The highest BCUT2D eigenvalue weighted by molar-refractivity contribution is 6.90. The first-order valence-corrected chi connectivity index (χ1v) is 70.6. The monoisotopic (exact) mass is 1520 g/mol. The summed E-state index contributed by atoms with van der Waals surface area (Å²) in [4.78, 5) is 0. The first kappa shape index (κ1) is 99.1. The second-order valence-electron chi connectivity index (χ2n) is 33.5. The topological polar surface area (TPSA) is 282 Å². The van der Waals surface area contributed by atoms with Crippen LogP contribution in [0.25, 0.3) is 0 Å². The van der Waals surface area contributed by atoms with Gasteiger partial charge in [0.1, 0.15) is 24.4 Å². The Balaban J connectivity index is -0.000000555. The van der Waals surface area contributed by atoms with Gasteiger partial charge in [0.25, 0.3) is 0 Å². The molecule has 0 aliphatic carbocycles. The van der Waals surface area contributed by atoms with Crippen LogP contribution in [0.1, 0.15) is 40.0 Å². The van der Waals surface area contributed by atoms with Crippen LogP contribution >= 0.6 is 0 Å². The highest BCUT2D eigenvalue weighted by Crippen LogP contribution is 2.35. The zero-order valence-electron chi connectivity index (χ0n) is 64.1. The van der Waals surface area contributed by atoms with Gasteiger partial charge in [0.15, 0.2) is 66.5 Å². The first-order chi connectivity index (χ1) is 40.6. The van der Waals surface area contributed by atoms with Gasteiger partial charge in [0, 0.05) is 19.8 Å². The van der Waals surface area contributed by atoms with Crippen molar-refractivity contribution in [1.82, 2.24) is 0 Å². The van der Waals surface area contributed by atoms with Crippen molar-refractivity contribution in [2.75, 3.05) is 92.5 Å². The molecule has 0 heterocycles. The third-order valence-corrected chi connectivity index (χ3v) is 50.8. The Hall–Kier alpha value is 1.76. The van der Waals surface area contributed by atoms with Gasteiger partial charge in [-0.05, 0) is 238 Å². The molecule has 0 bridgehead atoms. The van der Waals surface area contributed by atoms with Crippen LogP contribution in [0.15, 0.2) is 0 Å². The van der Waals surface area contributed by atoms with E-state index in [1.807, 2.05) is 0 Å². The Morgan fingerprint density at radius 3 is 1.01 bits per heavy atom. The molecule has 554 valence electrons. The average molecular weight is 1520 g/mol. The molecule has 0 aromatic heterocycles. The lowest BCUT2D eigenvalue weighted by atomic mass is 9.98. The molecule has 0 aromatic carbocycles. The maximum atomic E-state index is 9.39. The summed E-state index contributed by atoms with van der Waals surface area (Å²) in [6.45, 7) is 70.9. The Morgan fingerprint density at radius 2 is 0.637 bits per heavy atom. The Labute approximate surface area is 570 Å². The average Bonchev–Trinajstić information content (AvgIpc) is 0.885. The van der Waals surface area contributed by atoms with E-state index < -0.39 is 125 Å². The van der Waals surface area contributed by atoms with Crippen molar-refractivity contribution in [2.45, 2.75) is 272 Å². The van der Waals surface area contributed by atoms with Crippen LogP contribution in [0.5, 0.6) is 0 Å². The second kappa shape index (κ2) is 45.6. The van der Waals surface area contributed by atoms with Crippen molar-refractivity contribution < 1.29 is 97.5 Å². The van der Waals surface area contributed by atoms with Crippen LogP contribution in [0.4, 0.5) is 0 Å². The van der Waals surface area contributed by atoms with Crippen molar-refractivity contribution in [2.24, 2.45) is 11.3 Å². The summed E-state index contributed by atoms with van der Waals surface area (Å²) in [5.74, 6) is 0.301. The second-order valence-corrected chi connectivity index (χ2v) is 84.5. The lowest BCUT2D eigenvalue weighted by Gasteiger charge is -2.42. The largest absolute Gasteiger partial charge is 0.437 e. The van der Waals surface area contributed by atoms with E-state index >= 15 is 0 Å². The smallest absolute Gasteiger partial charge is 0.315 e. The molecule has 0 spiro atoms. The van der Waals surface area contributed by atoms with Gasteiger partial charge in [-0.2, -0.15) is 0 Å². The third-order valence-electron chi connectivity index (χ3n) is 11.3. The van der Waals surface area contributed by atoms with Gasteiger partial charge in [-0.15, -0.1) is 0 Å². The standard InChI is InChI=1S/C15H38O6Si3.C15H38O5Si3.2C14H36O5Si3/c1-22(2,3)20-24(6,7)21-23(4,5)12-8-9-18-10-11-19-14-15(17)13-16;1-15(2,12-18-11-14(17)10-16)13-23(9,19-21(3,4)5)20-22(6,7)8;1-13(10-17-11-14(16)9-15)12-22(8,18-20(2,3)4)19-21(5,6)7;1-20(2,3)18-22(7,19-21(4,5)6)11-9-8-10-17-13-14(16)12-15/h15-17H,8-14H2,1-7H3;14,16-17H,10-13H2,1-9H3;13-16H,9-12H2,1-8H3;14-16H,8-13H2,1-7H3. The molecule has 21 nitrogen and oxygen atoms in total. The predicted molar refractivity (Wildman–Crippen MR) is 404 cm³/mol. The van der Waals surface area contributed by atoms with E-state index in [-0.39, 0.29) is 58.3 Å². The summed E-state index contributed by atoms with van der Waals surface area (Å²) >= 11 is 0. The Kier molecular flexibility index (Phi) is 49.7. The van der Waals surface area contributed by atoms with Gasteiger partial charge in [-0.25, -0.2) is 0 Å². The minimum absolute atomic E-state index is 0.102. The molecule has 5 atom stereocenters. The van der Waals surface area contributed by atoms with Gasteiger partial charge < -0.3 is 97.5 Å². The van der Waals surface area contributed by atoms with E-state index in [2.05, 4.69) is 204 Å². The molecular formula is C58H148O21Si12. The van der Waals surface area contributed by atoms with E-state index in [0.717, 1.165) is 43.4 Å². The molecule has 0 saturated heterocycles. The molecule has 0 radical (unpaired) electrons. The quantitative estimate of drug-likeness (QED) is 0.0208. The number of rotatable bonds is 48. The number of unbranched alkanes of at least 4 members (excludes halogenated alkanes) is 1. The summed E-state index contributed by atoms with van der Waals surface area (Å²) in [6.07, 6.45) is -0.295. The molecule has 0 rings (SSSR count). The van der Waals surface area contributed by atoms with E-state index in [4.69, 9.17) is 82.1 Å². The van der Waals surface area contributed by atoms with E-state index in [9.17, 15) is 15.3 Å². The fraction of sp³-hybridized carbons (Fsp3) is 1.00. The lowest BCUT2D eigenvalue weighted by molar-refractivity contribution is -0.0160. The normalized spacial score (nSPS) is 15.6. The Morgan fingerprint density at radius 1 is 0.319 bits per heavy atom. The van der Waals surface area contributed by atoms with Gasteiger partial charge in [0.2, 0.25) is 0 Å². The van der Waals surface area contributed by atoms with Crippen LogP contribution < -0.4 is 0 Å². The van der Waals surface area contributed by atoms with Gasteiger partial charge in [-0.1, -0.05) is 20.8 Å². The number of aliphatic hydroxyl groups is 8. The van der Waals surface area contributed by atoms with Crippen molar-refractivity contribution in [1.29, 1.82) is 0 Å². The van der Waals surface area contributed by atoms with E-state index in [1.165, 1.54) is 0 Å². The maximum Gasteiger partial charge on any atom is 0.315 e. The lowest BCUT2D eigenvalue weighted by Crippen LogP contribution is -2.54. The van der Waals surface area contributed by atoms with E-state index in [0.29, 0.717) is 45.6 Å². The summed E-state index contributed by atoms with van der Waals surface area (Å²) in [6, 6.07) is 3.76. The fourth-order valence-electron chi connectivity index (χ4n) is 10.3. The number of ether oxygens (including phenoxy) is 5. The molecule has 33 heteroatoms. The molecule has 8 N–H and O–H groups in total. The fourth-order valence-corrected chi connectivity index (χ4v) is 62.3. The van der Waals surface area contributed by atoms with Gasteiger partial charge in [0.05, 0.1) is 72.7 Å². The molecule has 5 unspecified atom stereocenters. The summed E-state index contributed by atoms with van der Waals surface area (Å²) in [5, 5.41) is 72.0. The van der Waals surface area contributed by atoms with Crippen LogP contribution in [0.3, 0.4) is 0 Å². The van der Waals surface area contributed by atoms with Crippen LogP contribution in [-0.2, 0) is 56.6 Å².